The third kappa shape index (κ3) is 4.24. The van der Waals surface area contributed by atoms with Crippen LogP contribution < -0.4 is 5.32 Å². The lowest BCUT2D eigenvalue weighted by Crippen LogP contribution is -2.28. The molecule has 3 amide bonds. The summed E-state index contributed by atoms with van der Waals surface area (Å²) < 4.78 is 5.09. The molecule has 0 unspecified atom stereocenters. The summed E-state index contributed by atoms with van der Waals surface area (Å²) in [6, 6.07) is 16.2. The Bertz CT molecular complexity index is 1300. The first-order valence-corrected chi connectivity index (χ1v) is 10.8. The van der Waals surface area contributed by atoms with E-state index in [1.165, 1.54) is 12.1 Å². The van der Waals surface area contributed by atoms with Gasteiger partial charge in [0.25, 0.3) is 17.7 Å². The molecule has 3 aromatic rings. The van der Waals surface area contributed by atoms with Crippen LogP contribution in [0.4, 0.5) is 5.00 Å². The number of esters is 1. The Hall–Kier alpha value is -4.29. The number of imide groups is 1. The van der Waals surface area contributed by atoms with E-state index in [4.69, 9.17) is 10.00 Å². The normalized spacial score (nSPS) is 12.3. The molecule has 0 saturated heterocycles. The van der Waals surface area contributed by atoms with Crippen LogP contribution >= 0.6 is 11.3 Å². The summed E-state index contributed by atoms with van der Waals surface area (Å²) in [6.45, 7) is 1.75. The predicted octanol–water partition coefficient (Wildman–Crippen LogP) is 3.84. The van der Waals surface area contributed by atoms with Crippen LogP contribution in [0.2, 0.25) is 0 Å². The predicted molar refractivity (Wildman–Crippen MR) is 120 cm³/mol. The first-order valence-electron chi connectivity index (χ1n) is 9.99. The molecular weight excluding hydrogens is 442 g/mol. The number of amides is 3. The van der Waals surface area contributed by atoms with Gasteiger partial charge in [0.2, 0.25) is 0 Å². The van der Waals surface area contributed by atoms with Gasteiger partial charge in [-0.05, 0) is 43.3 Å². The van der Waals surface area contributed by atoms with Gasteiger partial charge in [-0.15, -0.1) is 11.3 Å². The molecule has 0 spiro atoms. The molecule has 0 saturated carbocycles. The number of benzene rings is 2. The van der Waals surface area contributed by atoms with E-state index >= 15 is 0 Å². The van der Waals surface area contributed by atoms with Crippen molar-refractivity contribution in [2.24, 2.45) is 0 Å². The molecule has 0 bridgehead atoms. The maximum atomic E-state index is 12.7. The number of anilines is 1. The van der Waals surface area contributed by atoms with Gasteiger partial charge in [0.05, 0.1) is 41.5 Å². The lowest BCUT2D eigenvalue weighted by atomic mass is 10.1. The van der Waals surface area contributed by atoms with Crippen LogP contribution in [0.15, 0.2) is 54.6 Å². The van der Waals surface area contributed by atoms with Gasteiger partial charge in [-0.1, -0.05) is 18.2 Å². The maximum Gasteiger partial charge on any atom is 0.341 e. The molecule has 1 aliphatic rings. The van der Waals surface area contributed by atoms with Crippen LogP contribution in [-0.2, 0) is 11.3 Å². The number of thiophene rings is 1. The molecule has 2 aromatic carbocycles. The third-order valence-electron chi connectivity index (χ3n) is 4.95. The van der Waals surface area contributed by atoms with E-state index in [-0.39, 0.29) is 29.3 Å². The van der Waals surface area contributed by atoms with Crippen LogP contribution in [-0.4, -0.2) is 35.2 Å². The number of carbonyl (C=O) groups excluding carboxylic acids is 4. The molecule has 0 radical (unpaired) electrons. The van der Waals surface area contributed by atoms with Crippen molar-refractivity contribution in [3.63, 3.8) is 0 Å². The maximum absolute atomic E-state index is 12.7. The summed E-state index contributed by atoms with van der Waals surface area (Å²) in [7, 11) is 0. The second-order valence-electron chi connectivity index (χ2n) is 7.06. The fraction of sp³-hybridized carbons (Fsp3) is 0.125. The number of ether oxygens (including phenoxy) is 1. The Morgan fingerprint density at radius 3 is 2.39 bits per heavy atom. The summed E-state index contributed by atoms with van der Waals surface area (Å²) in [5.41, 5.74) is 1.36. The highest BCUT2D eigenvalue weighted by molar-refractivity contribution is 7.16. The van der Waals surface area contributed by atoms with Gasteiger partial charge in [-0.2, -0.15) is 5.26 Å². The van der Waals surface area contributed by atoms with Crippen molar-refractivity contribution >= 4 is 40.0 Å². The molecule has 4 rings (SSSR count). The summed E-state index contributed by atoms with van der Waals surface area (Å²) in [5, 5.41) is 12.0. The van der Waals surface area contributed by atoms with E-state index in [9.17, 15) is 19.2 Å². The number of nitriles is 1. The van der Waals surface area contributed by atoms with E-state index < -0.39 is 23.7 Å². The van der Waals surface area contributed by atoms with Crippen molar-refractivity contribution in [2.45, 2.75) is 13.5 Å². The molecule has 1 N–H and O–H groups in total. The molecular formula is C24H17N3O5S. The Kier molecular flexibility index (Phi) is 6.02. The first kappa shape index (κ1) is 21.9. The molecule has 1 aromatic heterocycles. The summed E-state index contributed by atoms with van der Waals surface area (Å²) >= 11 is 1.07. The topological polar surface area (TPSA) is 117 Å². The number of nitrogens with zero attached hydrogens (tertiary/aromatic N) is 2. The van der Waals surface area contributed by atoms with Gasteiger partial charge in [-0.25, -0.2) is 4.79 Å². The van der Waals surface area contributed by atoms with Crippen molar-refractivity contribution < 1.29 is 23.9 Å². The van der Waals surface area contributed by atoms with Crippen molar-refractivity contribution in [1.82, 2.24) is 4.90 Å². The Labute approximate surface area is 193 Å². The van der Waals surface area contributed by atoms with Crippen LogP contribution in [0.3, 0.4) is 0 Å². The fourth-order valence-electron chi connectivity index (χ4n) is 3.42. The SMILES string of the molecule is CCOC(=O)c1cc(CN2C(=O)c3ccccc3C2=O)sc1NC(=O)c1cccc(C#N)c1. The van der Waals surface area contributed by atoms with Crippen molar-refractivity contribution in [2.75, 3.05) is 11.9 Å². The van der Waals surface area contributed by atoms with E-state index in [0.29, 0.717) is 21.6 Å². The highest BCUT2D eigenvalue weighted by Crippen LogP contribution is 2.32. The number of nitrogens with one attached hydrogen (secondary N) is 1. The zero-order chi connectivity index (χ0) is 23.5. The summed E-state index contributed by atoms with van der Waals surface area (Å²) in [4.78, 5) is 52.2. The van der Waals surface area contributed by atoms with Crippen LogP contribution in [0.5, 0.6) is 0 Å². The Balaban J connectivity index is 1.62. The minimum atomic E-state index is -0.636. The lowest BCUT2D eigenvalue weighted by molar-refractivity contribution is 0.0527. The van der Waals surface area contributed by atoms with Crippen molar-refractivity contribution in [1.29, 1.82) is 5.26 Å². The largest absolute Gasteiger partial charge is 0.462 e. The second-order valence-corrected chi connectivity index (χ2v) is 8.20. The van der Waals surface area contributed by atoms with E-state index in [2.05, 4.69) is 5.32 Å². The summed E-state index contributed by atoms with van der Waals surface area (Å²) in [6.07, 6.45) is 0. The second kappa shape index (κ2) is 9.06. The molecule has 9 heteroatoms. The van der Waals surface area contributed by atoms with Crippen LogP contribution in [0.1, 0.15) is 58.8 Å². The number of fused-ring (bicyclic) bond motifs is 1. The molecule has 2 heterocycles. The zero-order valence-electron chi connectivity index (χ0n) is 17.5. The van der Waals surface area contributed by atoms with Gasteiger partial charge in [0.1, 0.15) is 5.00 Å². The molecule has 0 aliphatic carbocycles. The Morgan fingerprint density at radius 1 is 1.06 bits per heavy atom. The van der Waals surface area contributed by atoms with Gasteiger partial charge in [0.15, 0.2) is 0 Å². The van der Waals surface area contributed by atoms with Gasteiger partial charge in [-0.3, -0.25) is 19.3 Å². The molecule has 0 fully saturated rings. The van der Waals surface area contributed by atoms with Crippen molar-refractivity contribution in [3.05, 3.63) is 87.3 Å². The average molecular weight is 459 g/mol. The molecule has 1 aliphatic heterocycles. The average Bonchev–Trinajstić information content (AvgIpc) is 3.33. The molecule has 164 valence electrons. The lowest BCUT2D eigenvalue weighted by Gasteiger charge is -2.12. The highest BCUT2D eigenvalue weighted by Gasteiger charge is 2.35. The molecule has 33 heavy (non-hydrogen) atoms. The first-order chi connectivity index (χ1) is 15.9. The van der Waals surface area contributed by atoms with Gasteiger partial charge >= 0.3 is 5.97 Å². The smallest absolute Gasteiger partial charge is 0.341 e. The number of rotatable bonds is 6. The van der Waals surface area contributed by atoms with Gasteiger partial charge < -0.3 is 10.1 Å². The van der Waals surface area contributed by atoms with Gasteiger partial charge in [0, 0.05) is 10.4 Å². The molecule has 0 atom stereocenters. The standard InChI is InChI=1S/C24H17N3O5S/c1-2-32-24(31)19-11-16(13-27-22(29)17-8-3-4-9-18(17)23(27)30)33-21(19)26-20(28)15-7-5-6-14(10-15)12-25/h3-11H,2,13H2,1H3,(H,26,28). The van der Waals surface area contributed by atoms with E-state index in [0.717, 1.165) is 16.2 Å². The quantitative estimate of drug-likeness (QED) is 0.442. The summed E-state index contributed by atoms with van der Waals surface area (Å²) in [5.74, 6) is -1.98. The Morgan fingerprint density at radius 2 is 1.76 bits per heavy atom. The van der Waals surface area contributed by atoms with Crippen molar-refractivity contribution in [3.8, 4) is 6.07 Å². The number of carbonyl (C=O) groups is 4. The highest BCUT2D eigenvalue weighted by atomic mass is 32.1. The van der Waals surface area contributed by atoms with Crippen LogP contribution in [0, 0.1) is 11.3 Å². The number of hydrogen-bond acceptors (Lipinski definition) is 7. The van der Waals surface area contributed by atoms with Crippen LogP contribution in [0.25, 0.3) is 0 Å². The monoisotopic (exact) mass is 459 g/mol. The van der Waals surface area contributed by atoms with E-state index in [1.54, 1.807) is 49.4 Å². The van der Waals surface area contributed by atoms with E-state index in [1.807, 2.05) is 6.07 Å². The fourth-order valence-corrected chi connectivity index (χ4v) is 4.45. The number of hydrogen-bond donors (Lipinski definition) is 1. The minimum absolute atomic E-state index is 0.0524. The molecule has 8 nitrogen and oxygen atoms in total. The zero-order valence-corrected chi connectivity index (χ0v) is 18.3. The third-order valence-corrected chi connectivity index (χ3v) is 5.99. The minimum Gasteiger partial charge on any atom is -0.462 e.